The molecule has 2 heterocycles. The maximum absolute atomic E-state index is 13.5. The average molecular weight is 518 g/mol. The molecule has 11 nitrogen and oxygen atoms in total. The van der Waals surface area contributed by atoms with Crippen LogP contribution in [-0.4, -0.2) is 115 Å². The van der Waals surface area contributed by atoms with E-state index in [0.29, 0.717) is 44.9 Å². The first kappa shape index (κ1) is 28.4. The van der Waals surface area contributed by atoms with Gasteiger partial charge in [-0.15, -0.1) is 0 Å². The summed E-state index contributed by atoms with van der Waals surface area (Å²) in [6.45, 7) is 6.97. The van der Waals surface area contributed by atoms with Gasteiger partial charge in [0.25, 0.3) is 5.91 Å². The van der Waals surface area contributed by atoms with Gasteiger partial charge in [-0.2, -0.15) is 0 Å². The fraction of sp³-hybridized carbons (Fsp3) is 0.615. The van der Waals surface area contributed by atoms with Crippen LogP contribution < -0.4 is 15.4 Å². The van der Waals surface area contributed by atoms with Crippen molar-refractivity contribution in [3.8, 4) is 5.75 Å². The van der Waals surface area contributed by atoms with E-state index in [1.165, 1.54) is 4.90 Å². The number of rotatable bonds is 5. The second-order valence-electron chi connectivity index (χ2n) is 9.97. The topological polar surface area (TPSA) is 132 Å². The number of piperazine rings is 1. The van der Waals surface area contributed by atoms with Crippen molar-refractivity contribution in [3.63, 3.8) is 0 Å². The van der Waals surface area contributed by atoms with Crippen molar-refractivity contribution in [2.45, 2.75) is 38.8 Å². The first-order chi connectivity index (χ1) is 17.7. The summed E-state index contributed by atoms with van der Waals surface area (Å²) < 4.78 is 5.84. The summed E-state index contributed by atoms with van der Waals surface area (Å²) in [7, 11) is 1.65. The Hall–Kier alpha value is -3.18. The number of carbonyl (C=O) groups excluding carboxylic acids is 4. The number of carbonyl (C=O) groups is 4. The standard InChI is InChI=1S/C26H39N5O6/c1-18(2)16-20-25(35)29(3)13-15-37-22-7-5-4-6-19(22)24(34)28-21(17-23(33)27-20)26(36)31-10-8-30(9-11-31)12-14-32/h4-7,18,20-21,32H,8-17H2,1-3H3,(H,27,33)(H,28,34)/t20-,21-/m0/s1. The van der Waals surface area contributed by atoms with Gasteiger partial charge in [0.1, 0.15) is 24.4 Å². The number of aliphatic hydroxyl groups excluding tert-OH is 1. The maximum atomic E-state index is 13.5. The molecule has 11 heteroatoms. The van der Waals surface area contributed by atoms with Crippen LogP contribution in [0.3, 0.4) is 0 Å². The lowest BCUT2D eigenvalue weighted by molar-refractivity contribution is -0.139. The Kier molecular flexibility index (Phi) is 10.3. The monoisotopic (exact) mass is 517 g/mol. The second kappa shape index (κ2) is 13.4. The third-order valence-corrected chi connectivity index (χ3v) is 6.63. The molecule has 37 heavy (non-hydrogen) atoms. The van der Waals surface area contributed by atoms with Crippen molar-refractivity contribution >= 4 is 23.6 Å². The van der Waals surface area contributed by atoms with Crippen LogP contribution in [0.25, 0.3) is 0 Å². The van der Waals surface area contributed by atoms with E-state index in [4.69, 9.17) is 4.74 Å². The van der Waals surface area contributed by atoms with Crippen LogP contribution in [0.1, 0.15) is 37.0 Å². The Labute approximate surface area is 218 Å². The minimum Gasteiger partial charge on any atom is -0.491 e. The Morgan fingerprint density at radius 2 is 1.78 bits per heavy atom. The zero-order valence-corrected chi connectivity index (χ0v) is 21.9. The molecule has 0 saturated carbocycles. The number of nitrogens with zero attached hydrogens (tertiary/aromatic N) is 3. The molecule has 3 rings (SSSR count). The zero-order valence-electron chi connectivity index (χ0n) is 21.9. The lowest BCUT2D eigenvalue weighted by atomic mass is 10.0. The van der Waals surface area contributed by atoms with E-state index in [-0.39, 0.29) is 49.5 Å². The minimum atomic E-state index is -1.11. The Balaban J connectivity index is 1.87. The quantitative estimate of drug-likeness (QED) is 0.488. The normalized spacial score (nSPS) is 22.6. The van der Waals surface area contributed by atoms with Gasteiger partial charge in [0.2, 0.25) is 17.7 Å². The zero-order chi connectivity index (χ0) is 26.9. The average Bonchev–Trinajstić information content (AvgIpc) is 2.87. The summed E-state index contributed by atoms with van der Waals surface area (Å²) in [5.41, 5.74) is 0.247. The number of benzene rings is 1. The van der Waals surface area contributed by atoms with E-state index in [0.717, 1.165) is 0 Å². The van der Waals surface area contributed by atoms with Crippen LogP contribution >= 0.6 is 0 Å². The van der Waals surface area contributed by atoms with E-state index in [9.17, 15) is 24.3 Å². The van der Waals surface area contributed by atoms with Crippen molar-refractivity contribution in [3.05, 3.63) is 29.8 Å². The van der Waals surface area contributed by atoms with Gasteiger partial charge >= 0.3 is 0 Å². The van der Waals surface area contributed by atoms with E-state index < -0.39 is 23.9 Å². The lowest BCUT2D eigenvalue weighted by Gasteiger charge is -2.36. The van der Waals surface area contributed by atoms with Crippen molar-refractivity contribution in [1.82, 2.24) is 25.3 Å². The van der Waals surface area contributed by atoms with Crippen molar-refractivity contribution < 1.29 is 29.0 Å². The van der Waals surface area contributed by atoms with E-state index in [1.807, 2.05) is 13.8 Å². The number of ether oxygens (including phenoxy) is 1. The first-order valence-corrected chi connectivity index (χ1v) is 12.9. The molecule has 2 aliphatic heterocycles. The third-order valence-electron chi connectivity index (χ3n) is 6.63. The predicted molar refractivity (Wildman–Crippen MR) is 137 cm³/mol. The molecule has 1 fully saturated rings. The number of hydrogen-bond donors (Lipinski definition) is 3. The van der Waals surface area contributed by atoms with Crippen molar-refractivity contribution in [1.29, 1.82) is 0 Å². The van der Waals surface area contributed by atoms with Crippen LogP contribution in [0.15, 0.2) is 24.3 Å². The SMILES string of the molecule is CC(C)C[C@@H]1NC(=O)C[C@@H](C(=O)N2CCN(CCO)CC2)NC(=O)c2ccccc2OCCN(C)C1=O. The highest BCUT2D eigenvalue weighted by molar-refractivity contribution is 6.01. The largest absolute Gasteiger partial charge is 0.491 e. The van der Waals surface area contributed by atoms with Gasteiger partial charge in [-0.25, -0.2) is 0 Å². The number of aliphatic hydroxyl groups is 1. The van der Waals surface area contributed by atoms with Crippen molar-refractivity contribution in [2.24, 2.45) is 5.92 Å². The van der Waals surface area contributed by atoms with Gasteiger partial charge in [0.15, 0.2) is 0 Å². The van der Waals surface area contributed by atoms with E-state index in [2.05, 4.69) is 15.5 Å². The van der Waals surface area contributed by atoms with Gasteiger partial charge in [0.05, 0.1) is 25.1 Å². The van der Waals surface area contributed by atoms with Gasteiger partial charge in [-0.05, 0) is 24.5 Å². The molecule has 1 saturated heterocycles. The van der Waals surface area contributed by atoms with Crippen LogP contribution in [-0.2, 0) is 14.4 Å². The van der Waals surface area contributed by atoms with Crippen LogP contribution in [0.5, 0.6) is 5.75 Å². The molecule has 2 aliphatic rings. The van der Waals surface area contributed by atoms with E-state index >= 15 is 0 Å². The number of hydrogen-bond acceptors (Lipinski definition) is 7. The summed E-state index contributed by atoms with van der Waals surface area (Å²) in [6.07, 6.45) is 0.145. The number of para-hydroxylation sites is 1. The van der Waals surface area contributed by atoms with Gasteiger partial charge in [0, 0.05) is 39.8 Å². The number of fused-ring (bicyclic) bond motifs is 1. The molecule has 204 valence electrons. The molecule has 0 radical (unpaired) electrons. The van der Waals surface area contributed by atoms with E-state index in [1.54, 1.807) is 36.2 Å². The molecule has 2 atom stereocenters. The molecule has 0 aromatic heterocycles. The Morgan fingerprint density at radius 1 is 1.08 bits per heavy atom. The number of β-amino-alcohol motifs (C(OH)–C–C–N with tert-alkyl or cyclic N) is 1. The number of nitrogens with one attached hydrogen (secondary N) is 2. The Morgan fingerprint density at radius 3 is 2.46 bits per heavy atom. The molecule has 0 unspecified atom stereocenters. The molecule has 0 bridgehead atoms. The number of amides is 4. The van der Waals surface area contributed by atoms with Gasteiger partial charge in [-0.1, -0.05) is 26.0 Å². The van der Waals surface area contributed by atoms with Crippen LogP contribution in [0.4, 0.5) is 0 Å². The van der Waals surface area contributed by atoms with Crippen LogP contribution in [0, 0.1) is 5.92 Å². The summed E-state index contributed by atoms with van der Waals surface area (Å²) in [5.74, 6) is -1.10. The van der Waals surface area contributed by atoms with Gasteiger partial charge < -0.3 is 30.3 Å². The molecule has 4 amide bonds. The lowest BCUT2D eigenvalue weighted by Crippen LogP contribution is -2.57. The summed E-state index contributed by atoms with van der Waals surface area (Å²) >= 11 is 0. The first-order valence-electron chi connectivity index (χ1n) is 12.9. The molecule has 1 aromatic rings. The molecular weight excluding hydrogens is 478 g/mol. The molecule has 1 aromatic carbocycles. The highest BCUT2D eigenvalue weighted by Gasteiger charge is 2.33. The van der Waals surface area contributed by atoms with Gasteiger partial charge in [-0.3, -0.25) is 24.1 Å². The fourth-order valence-electron chi connectivity index (χ4n) is 4.57. The molecular formula is C26H39N5O6. The highest BCUT2D eigenvalue weighted by Crippen LogP contribution is 2.19. The second-order valence-corrected chi connectivity index (χ2v) is 9.97. The predicted octanol–water partition coefficient (Wildman–Crippen LogP) is -0.307. The summed E-state index contributed by atoms with van der Waals surface area (Å²) in [6, 6.07) is 4.83. The smallest absolute Gasteiger partial charge is 0.255 e. The minimum absolute atomic E-state index is 0.0414. The number of likely N-dealkylation sites (N-methyl/N-ethyl adjacent to an activating group) is 1. The highest BCUT2D eigenvalue weighted by atomic mass is 16.5. The summed E-state index contributed by atoms with van der Waals surface area (Å²) in [4.78, 5) is 58.2. The van der Waals surface area contributed by atoms with Crippen molar-refractivity contribution in [2.75, 3.05) is 59.5 Å². The molecule has 3 N–H and O–H groups in total. The maximum Gasteiger partial charge on any atom is 0.255 e. The Bertz CT molecular complexity index is 963. The van der Waals surface area contributed by atoms with Crippen LogP contribution in [0.2, 0.25) is 0 Å². The fourth-order valence-corrected chi connectivity index (χ4v) is 4.57. The molecule has 0 aliphatic carbocycles. The summed E-state index contributed by atoms with van der Waals surface area (Å²) in [5, 5.41) is 14.7. The molecule has 0 spiro atoms. The third kappa shape index (κ3) is 7.90.